The van der Waals surface area contributed by atoms with Crippen LogP contribution in [0.25, 0.3) is 0 Å². The number of rotatable bonds is 0. The molecular weight excluding hydrogens is 312 g/mol. The summed E-state index contributed by atoms with van der Waals surface area (Å²) in [6.45, 7) is 2.47. The number of ether oxygens (including phenoxy) is 1. The Morgan fingerprint density at radius 3 is 2.88 bits per heavy atom. The third-order valence-electron chi connectivity index (χ3n) is 7.90. The van der Waals surface area contributed by atoms with Crippen LogP contribution in [0.5, 0.6) is 0 Å². The molecule has 5 aliphatic rings. The van der Waals surface area contributed by atoms with Crippen LogP contribution < -0.4 is 0 Å². The molecule has 0 aromatic rings. The van der Waals surface area contributed by atoms with Crippen molar-refractivity contribution in [3.05, 3.63) is 23.8 Å². The van der Waals surface area contributed by atoms with Crippen molar-refractivity contribution in [1.29, 1.82) is 0 Å². The Bertz CT molecular complexity index is 675. The second-order valence-corrected chi connectivity index (χ2v) is 9.36. The van der Waals surface area contributed by atoms with E-state index in [0.29, 0.717) is 47.2 Å². The van der Waals surface area contributed by atoms with Crippen molar-refractivity contribution in [3.63, 3.8) is 0 Å². The van der Waals surface area contributed by atoms with E-state index in [4.69, 9.17) is 4.74 Å². The largest absolute Gasteiger partial charge is 0.462 e. The average Bonchev–Trinajstić information content (AvgIpc) is 3.31. The quantitative estimate of drug-likeness (QED) is 0.620. The third kappa shape index (κ3) is 2.53. The van der Waals surface area contributed by atoms with E-state index in [-0.39, 0.29) is 12.1 Å². The van der Waals surface area contributed by atoms with Gasteiger partial charge in [0.2, 0.25) is 0 Å². The molecule has 0 radical (unpaired) electrons. The molecule has 0 bridgehead atoms. The number of hydrogen-bond donors (Lipinski definition) is 0. The lowest BCUT2D eigenvalue weighted by molar-refractivity contribution is -0.145. The van der Waals surface area contributed by atoms with Gasteiger partial charge in [-0.05, 0) is 79.3 Å². The first kappa shape index (κ1) is 15.8. The Morgan fingerprint density at radius 2 is 2.00 bits per heavy atom. The van der Waals surface area contributed by atoms with Crippen LogP contribution in [0.15, 0.2) is 23.8 Å². The predicted molar refractivity (Wildman–Crippen MR) is 94.6 cm³/mol. The SMILES string of the molecule is CC12CCCC(=O)O[C@@H]3CC3C1C1C=CC3=CC(=O)CCC3C1CC2. The van der Waals surface area contributed by atoms with Crippen molar-refractivity contribution in [2.45, 2.75) is 64.4 Å². The van der Waals surface area contributed by atoms with Crippen molar-refractivity contribution >= 4 is 11.8 Å². The van der Waals surface area contributed by atoms with Crippen LogP contribution in [0, 0.1) is 35.0 Å². The molecule has 0 aromatic heterocycles. The van der Waals surface area contributed by atoms with Gasteiger partial charge in [-0.3, -0.25) is 9.59 Å². The summed E-state index contributed by atoms with van der Waals surface area (Å²) >= 11 is 0. The van der Waals surface area contributed by atoms with Gasteiger partial charge in [0.05, 0.1) is 0 Å². The van der Waals surface area contributed by atoms with Crippen molar-refractivity contribution in [2.75, 3.05) is 0 Å². The summed E-state index contributed by atoms with van der Waals surface area (Å²) < 4.78 is 5.72. The summed E-state index contributed by atoms with van der Waals surface area (Å²) in [6, 6.07) is 0. The Kier molecular flexibility index (Phi) is 3.52. The van der Waals surface area contributed by atoms with E-state index < -0.39 is 0 Å². The van der Waals surface area contributed by atoms with Gasteiger partial charge in [0.15, 0.2) is 5.78 Å². The van der Waals surface area contributed by atoms with Crippen molar-refractivity contribution < 1.29 is 14.3 Å². The smallest absolute Gasteiger partial charge is 0.306 e. The summed E-state index contributed by atoms with van der Waals surface area (Å²) in [5.74, 6) is 3.36. The predicted octanol–water partition coefficient (Wildman–Crippen LogP) is 4.23. The highest BCUT2D eigenvalue weighted by Gasteiger charge is 2.59. The van der Waals surface area contributed by atoms with Crippen LogP contribution in [0.4, 0.5) is 0 Å². The maximum absolute atomic E-state index is 12.0. The molecule has 6 unspecified atom stereocenters. The van der Waals surface area contributed by atoms with E-state index in [1.165, 1.54) is 18.4 Å². The second-order valence-electron chi connectivity index (χ2n) is 9.36. The molecule has 3 fully saturated rings. The lowest BCUT2D eigenvalue weighted by atomic mass is 9.51. The van der Waals surface area contributed by atoms with E-state index in [1.54, 1.807) is 0 Å². The van der Waals surface area contributed by atoms with Gasteiger partial charge in [-0.25, -0.2) is 0 Å². The summed E-state index contributed by atoms with van der Waals surface area (Å²) in [7, 11) is 0. The number of ketones is 1. The lowest BCUT2D eigenvalue weighted by Gasteiger charge is -2.53. The molecule has 0 aromatic carbocycles. The highest BCUT2D eigenvalue weighted by atomic mass is 16.5. The minimum Gasteiger partial charge on any atom is -0.462 e. The van der Waals surface area contributed by atoms with Crippen molar-refractivity contribution in [3.8, 4) is 0 Å². The summed E-state index contributed by atoms with van der Waals surface area (Å²) in [6.07, 6.45) is 14.8. The average molecular weight is 340 g/mol. The first-order valence-electron chi connectivity index (χ1n) is 10.2. The standard InChI is InChI=1S/C22H28O3/c1-22-9-2-3-20(24)25-19-12-18(19)21(22)17-6-4-13-11-14(23)5-7-15(13)16(17)8-10-22/h4,6,11,15-19,21H,2-3,5,7-10,12H2,1H3/t15?,16?,17?,18?,19-,21?,22?/m1/s1. The second kappa shape index (κ2) is 5.56. The minimum absolute atomic E-state index is 0.0153. The lowest BCUT2D eigenvalue weighted by Crippen LogP contribution is -2.46. The first-order valence-corrected chi connectivity index (χ1v) is 10.2. The normalized spacial score (nSPS) is 48.4. The summed E-state index contributed by atoms with van der Waals surface area (Å²) in [4.78, 5) is 23.8. The van der Waals surface area contributed by atoms with Gasteiger partial charge in [0.1, 0.15) is 6.10 Å². The highest BCUT2D eigenvalue weighted by molar-refractivity contribution is 5.91. The maximum atomic E-state index is 12.0. The number of allylic oxidation sites excluding steroid dienone is 4. The number of esters is 1. The van der Waals surface area contributed by atoms with Crippen LogP contribution >= 0.6 is 0 Å². The van der Waals surface area contributed by atoms with Gasteiger partial charge in [-0.2, -0.15) is 0 Å². The third-order valence-corrected chi connectivity index (χ3v) is 7.90. The molecular formula is C22H28O3. The van der Waals surface area contributed by atoms with Gasteiger partial charge in [-0.1, -0.05) is 19.1 Å². The molecule has 2 saturated carbocycles. The van der Waals surface area contributed by atoms with E-state index in [9.17, 15) is 9.59 Å². The number of hydrogen-bond acceptors (Lipinski definition) is 3. The van der Waals surface area contributed by atoms with Crippen LogP contribution in [-0.4, -0.2) is 17.9 Å². The fourth-order valence-electron chi connectivity index (χ4n) is 6.66. The summed E-state index contributed by atoms with van der Waals surface area (Å²) in [5.41, 5.74) is 1.62. The Hall–Kier alpha value is -1.38. The van der Waals surface area contributed by atoms with Gasteiger partial charge >= 0.3 is 5.97 Å². The van der Waals surface area contributed by atoms with E-state index in [1.807, 2.05) is 6.08 Å². The highest BCUT2D eigenvalue weighted by Crippen LogP contribution is 2.62. The summed E-state index contributed by atoms with van der Waals surface area (Å²) in [5, 5.41) is 0. The Labute approximate surface area is 149 Å². The molecule has 5 rings (SSSR count). The molecule has 1 saturated heterocycles. The maximum Gasteiger partial charge on any atom is 0.306 e. The molecule has 3 nitrogen and oxygen atoms in total. The van der Waals surface area contributed by atoms with Gasteiger partial charge in [-0.15, -0.1) is 0 Å². The van der Waals surface area contributed by atoms with Crippen molar-refractivity contribution in [1.82, 2.24) is 0 Å². The fourth-order valence-corrected chi connectivity index (χ4v) is 6.66. The molecule has 0 spiro atoms. The Morgan fingerprint density at radius 1 is 1.12 bits per heavy atom. The molecule has 0 amide bonds. The monoisotopic (exact) mass is 340 g/mol. The molecule has 1 heterocycles. The molecule has 3 heteroatoms. The zero-order valence-corrected chi connectivity index (χ0v) is 15.1. The van der Waals surface area contributed by atoms with E-state index in [0.717, 1.165) is 32.1 Å². The van der Waals surface area contributed by atoms with Crippen LogP contribution in [0.3, 0.4) is 0 Å². The Balaban J connectivity index is 1.50. The number of carbonyl (C=O) groups is 2. The molecule has 0 N–H and O–H groups in total. The molecule has 7 atom stereocenters. The molecule has 4 aliphatic carbocycles. The van der Waals surface area contributed by atoms with Crippen LogP contribution in [-0.2, 0) is 14.3 Å². The minimum atomic E-state index is 0.0153. The topological polar surface area (TPSA) is 43.4 Å². The molecule has 25 heavy (non-hydrogen) atoms. The number of fused-ring (bicyclic) bond motifs is 7. The fraction of sp³-hybridized carbons (Fsp3) is 0.727. The van der Waals surface area contributed by atoms with Gasteiger partial charge in [0, 0.05) is 18.8 Å². The van der Waals surface area contributed by atoms with E-state index in [2.05, 4.69) is 19.1 Å². The first-order chi connectivity index (χ1) is 12.0. The van der Waals surface area contributed by atoms with Crippen molar-refractivity contribution in [2.24, 2.45) is 35.0 Å². The zero-order valence-electron chi connectivity index (χ0n) is 15.1. The van der Waals surface area contributed by atoms with E-state index >= 15 is 0 Å². The van der Waals surface area contributed by atoms with Gasteiger partial charge < -0.3 is 4.74 Å². The zero-order chi connectivity index (χ0) is 17.2. The van der Waals surface area contributed by atoms with Crippen LogP contribution in [0.1, 0.15) is 58.3 Å². The van der Waals surface area contributed by atoms with Crippen LogP contribution in [0.2, 0.25) is 0 Å². The molecule has 1 aliphatic heterocycles. The number of carbonyl (C=O) groups excluding carboxylic acids is 2. The van der Waals surface area contributed by atoms with Gasteiger partial charge in [0.25, 0.3) is 0 Å². The molecule has 134 valence electrons.